The highest BCUT2D eigenvalue weighted by molar-refractivity contribution is 7.81. The molecule has 1 aromatic rings. The standard InChI is InChI=1S/C25H30O2S/c1-15(11-17-7-8-22(28)19(13-17)23(26)27)18-14-21-20(12-16(18)2)24(3,4)9-10-25(21,5)6/h7,11-14H,8-10H2,1-6H3,(H,26,27)/b15-11+. The molecule has 3 heteroatoms. The van der Waals surface area contributed by atoms with Crippen molar-refractivity contribution in [2.45, 2.75) is 71.6 Å². The van der Waals surface area contributed by atoms with Crippen molar-refractivity contribution < 1.29 is 9.90 Å². The highest BCUT2D eigenvalue weighted by atomic mass is 32.1. The predicted octanol–water partition coefficient (Wildman–Crippen LogP) is 6.46. The number of benzene rings is 1. The van der Waals surface area contributed by atoms with Crippen molar-refractivity contribution in [2.75, 3.05) is 0 Å². The van der Waals surface area contributed by atoms with Gasteiger partial charge in [-0.3, -0.25) is 0 Å². The highest BCUT2D eigenvalue weighted by Gasteiger charge is 2.37. The zero-order chi connectivity index (χ0) is 20.9. The molecule has 0 bridgehead atoms. The van der Waals surface area contributed by atoms with Crippen molar-refractivity contribution >= 4 is 28.6 Å². The predicted molar refractivity (Wildman–Crippen MR) is 121 cm³/mol. The van der Waals surface area contributed by atoms with E-state index in [9.17, 15) is 9.90 Å². The third kappa shape index (κ3) is 3.77. The Hall–Kier alpha value is -2.00. The average Bonchev–Trinajstić information content (AvgIpc) is 2.60. The summed E-state index contributed by atoms with van der Waals surface area (Å²) in [5.41, 5.74) is 8.09. The summed E-state index contributed by atoms with van der Waals surface area (Å²) in [5, 5.41) is 9.36. The number of carbonyl (C=O) groups is 1. The molecule has 3 rings (SSSR count). The van der Waals surface area contributed by atoms with Crippen LogP contribution >= 0.6 is 12.2 Å². The van der Waals surface area contributed by atoms with E-state index >= 15 is 0 Å². The fraction of sp³-hybridized carbons (Fsp3) is 0.440. The molecule has 0 saturated carbocycles. The zero-order valence-electron chi connectivity index (χ0n) is 17.8. The molecule has 1 aromatic carbocycles. The lowest BCUT2D eigenvalue weighted by Crippen LogP contribution is -2.34. The van der Waals surface area contributed by atoms with Gasteiger partial charge in [0.15, 0.2) is 0 Å². The van der Waals surface area contributed by atoms with Gasteiger partial charge in [-0.15, -0.1) is 0 Å². The topological polar surface area (TPSA) is 37.3 Å². The second-order valence-corrected chi connectivity index (χ2v) is 10.00. The SMILES string of the molecule is C/C(=C\C1=CCC(=S)C(C(=O)O)=C1)c1cc2c(cc1C)C(C)(C)CCC2(C)C. The van der Waals surface area contributed by atoms with Gasteiger partial charge in [-0.05, 0) is 77.0 Å². The second-order valence-electron chi connectivity index (χ2n) is 9.50. The largest absolute Gasteiger partial charge is 0.478 e. The normalized spacial score (nSPS) is 20.9. The van der Waals surface area contributed by atoms with Crippen molar-refractivity contribution in [1.29, 1.82) is 0 Å². The molecule has 2 aliphatic carbocycles. The summed E-state index contributed by atoms with van der Waals surface area (Å²) in [6.45, 7) is 13.6. The maximum absolute atomic E-state index is 11.4. The summed E-state index contributed by atoms with van der Waals surface area (Å²) in [6, 6.07) is 4.74. The Labute approximate surface area is 174 Å². The molecule has 0 aliphatic heterocycles. The fourth-order valence-electron chi connectivity index (χ4n) is 4.38. The van der Waals surface area contributed by atoms with E-state index in [2.05, 4.69) is 59.8 Å². The molecule has 2 aliphatic rings. The number of thiocarbonyl (C=S) groups is 1. The molecule has 1 N–H and O–H groups in total. The van der Waals surface area contributed by atoms with Crippen molar-refractivity contribution in [3.05, 3.63) is 63.8 Å². The van der Waals surface area contributed by atoms with Gasteiger partial charge in [0.25, 0.3) is 0 Å². The van der Waals surface area contributed by atoms with Crippen LogP contribution in [0.3, 0.4) is 0 Å². The third-order valence-electron chi connectivity index (χ3n) is 6.37. The van der Waals surface area contributed by atoms with E-state index in [0.29, 0.717) is 11.3 Å². The third-order valence-corrected chi connectivity index (χ3v) is 6.76. The van der Waals surface area contributed by atoms with Gasteiger partial charge in [0.2, 0.25) is 0 Å². The molecule has 0 radical (unpaired) electrons. The molecule has 0 atom stereocenters. The van der Waals surface area contributed by atoms with E-state index < -0.39 is 5.97 Å². The van der Waals surface area contributed by atoms with Crippen LogP contribution in [-0.4, -0.2) is 15.9 Å². The molecule has 0 fully saturated rings. The smallest absolute Gasteiger partial charge is 0.336 e. The van der Waals surface area contributed by atoms with Crippen molar-refractivity contribution in [3.8, 4) is 0 Å². The van der Waals surface area contributed by atoms with Crippen LogP contribution in [0.1, 0.15) is 76.1 Å². The Balaban J connectivity index is 2.06. The molecule has 2 nitrogen and oxygen atoms in total. The number of carboxylic acid groups (broad SMARTS) is 1. The average molecular weight is 395 g/mol. The van der Waals surface area contributed by atoms with E-state index in [-0.39, 0.29) is 16.4 Å². The Morgan fingerprint density at radius 1 is 1.11 bits per heavy atom. The first-order valence-electron chi connectivity index (χ1n) is 9.95. The number of hydrogen-bond acceptors (Lipinski definition) is 2. The van der Waals surface area contributed by atoms with Gasteiger partial charge in [0.05, 0.1) is 5.57 Å². The van der Waals surface area contributed by atoms with Gasteiger partial charge >= 0.3 is 5.97 Å². The summed E-state index contributed by atoms with van der Waals surface area (Å²) in [6.07, 6.45) is 8.69. The van der Waals surface area contributed by atoms with Crippen molar-refractivity contribution in [2.24, 2.45) is 0 Å². The Morgan fingerprint density at radius 3 is 2.25 bits per heavy atom. The number of aryl methyl sites for hydroxylation is 1. The van der Waals surface area contributed by atoms with Crippen LogP contribution in [0.5, 0.6) is 0 Å². The minimum Gasteiger partial charge on any atom is -0.478 e. The molecule has 28 heavy (non-hydrogen) atoms. The molecule has 0 aromatic heterocycles. The first-order chi connectivity index (χ1) is 12.9. The number of rotatable bonds is 3. The minimum atomic E-state index is -0.949. The number of aliphatic carboxylic acids is 1. The lowest BCUT2D eigenvalue weighted by Gasteiger charge is -2.42. The van der Waals surface area contributed by atoms with E-state index in [4.69, 9.17) is 12.2 Å². The van der Waals surface area contributed by atoms with Gasteiger partial charge < -0.3 is 5.11 Å². The van der Waals surface area contributed by atoms with Crippen LogP contribution < -0.4 is 0 Å². The molecular formula is C25H30O2S. The van der Waals surface area contributed by atoms with Gasteiger partial charge in [0.1, 0.15) is 0 Å². The lowest BCUT2D eigenvalue weighted by atomic mass is 9.62. The van der Waals surface area contributed by atoms with E-state index in [1.807, 2.05) is 6.08 Å². The number of carboxylic acids is 1. The van der Waals surface area contributed by atoms with Crippen LogP contribution in [0.2, 0.25) is 0 Å². The Morgan fingerprint density at radius 2 is 1.68 bits per heavy atom. The molecule has 0 spiro atoms. The summed E-state index contributed by atoms with van der Waals surface area (Å²) in [4.78, 5) is 11.9. The maximum Gasteiger partial charge on any atom is 0.336 e. The highest BCUT2D eigenvalue weighted by Crippen LogP contribution is 2.47. The number of hydrogen-bond donors (Lipinski definition) is 1. The first kappa shape index (κ1) is 20.7. The van der Waals surface area contributed by atoms with Crippen LogP contribution in [0, 0.1) is 6.92 Å². The van der Waals surface area contributed by atoms with Crippen molar-refractivity contribution in [3.63, 3.8) is 0 Å². The number of fused-ring (bicyclic) bond motifs is 1. The maximum atomic E-state index is 11.4. The molecular weight excluding hydrogens is 364 g/mol. The number of allylic oxidation sites excluding steroid dienone is 5. The van der Waals surface area contributed by atoms with Crippen LogP contribution in [-0.2, 0) is 15.6 Å². The lowest BCUT2D eigenvalue weighted by molar-refractivity contribution is -0.132. The summed E-state index contributed by atoms with van der Waals surface area (Å²) < 4.78 is 0. The summed E-state index contributed by atoms with van der Waals surface area (Å²) in [5.74, 6) is -0.949. The van der Waals surface area contributed by atoms with Crippen LogP contribution in [0.4, 0.5) is 0 Å². The quantitative estimate of drug-likeness (QED) is 0.598. The van der Waals surface area contributed by atoms with Gasteiger partial charge in [-0.1, -0.05) is 64.2 Å². The molecule has 148 valence electrons. The first-order valence-corrected chi connectivity index (χ1v) is 10.4. The van der Waals surface area contributed by atoms with Crippen LogP contribution in [0.15, 0.2) is 41.5 Å². The fourth-order valence-corrected chi connectivity index (χ4v) is 4.61. The van der Waals surface area contributed by atoms with E-state index in [0.717, 1.165) is 11.1 Å². The van der Waals surface area contributed by atoms with Crippen LogP contribution in [0.25, 0.3) is 5.57 Å². The van der Waals surface area contributed by atoms with Gasteiger partial charge in [0, 0.05) is 11.3 Å². The summed E-state index contributed by atoms with van der Waals surface area (Å²) in [7, 11) is 0. The molecule has 0 amide bonds. The van der Waals surface area contributed by atoms with Crippen molar-refractivity contribution in [1.82, 2.24) is 0 Å². The van der Waals surface area contributed by atoms with E-state index in [1.165, 1.54) is 35.1 Å². The molecule has 0 unspecified atom stereocenters. The molecule has 0 heterocycles. The Kier molecular flexibility index (Phi) is 5.26. The molecule has 0 saturated heterocycles. The summed E-state index contributed by atoms with van der Waals surface area (Å²) >= 11 is 5.18. The van der Waals surface area contributed by atoms with Gasteiger partial charge in [-0.25, -0.2) is 4.79 Å². The van der Waals surface area contributed by atoms with Gasteiger partial charge in [-0.2, -0.15) is 0 Å². The monoisotopic (exact) mass is 394 g/mol. The van der Waals surface area contributed by atoms with E-state index in [1.54, 1.807) is 6.08 Å². The Bertz CT molecular complexity index is 955. The zero-order valence-corrected chi connectivity index (χ0v) is 18.6. The second kappa shape index (κ2) is 7.11. The minimum absolute atomic E-state index is 0.167.